The highest BCUT2D eigenvalue weighted by Gasteiger charge is 2.37. The zero-order chi connectivity index (χ0) is 18.0. The smallest absolute Gasteiger partial charge is 0.299 e. The van der Waals surface area contributed by atoms with Gasteiger partial charge < -0.3 is 9.64 Å². The second-order valence-corrected chi connectivity index (χ2v) is 7.10. The molecular formula is C20H20BrNO3. The van der Waals surface area contributed by atoms with E-state index >= 15 is 0 Å². The van der Waals surface area contributed by atoms with Gasteiger partial charge in [-0.2, -0.15) is 0 Å². The van der Waals surface area contributed by atoms with Gasteiger partial charge in [0.1, 0.15) is 5.75 Å². The van der Waals surface area contributed by atoms with Crippen LogP contribution >= 0.6 is 15.9 Å². The van der Waals surface area contributed by atoms with Crippen LogP contribution in [0.2, 0.25) is 0 Å². The summed E-state index contributed by atoms with van der Waals surface area (Å²) in [5.74, 6) is -0.0973. The number of Topliss-reactive ketones (excluding diaryl/α,β-unsaturated/α-hetero) is 1. The van der Waals surface area contributed by atoms with Crippen molar-refractivity contribution in [2.45, 2.75) is 33.2 Å². The molecule has 0 spiro atoms. The van der Waals surface area contributed by atoms with E-state index in [0.717, 1.165) is 34.2 Å². The number of ether oxygens (including phenoxy) is 1. The van der Waals surface area contributed by atoms with Gasteiger partial charge in [-0.1, -0.05) is 41.4 Å². The Morgan fingerprint density at radius 2 is 1.84 bits per heavy atom. The molecule has 0 fully saturated rings. The van der Waals surface area contributed by atoms with Crippen LogP contribution in [0.15, 0.2) is 40.9 Å². The van der Waals surface area contributed by atoms with Gasteiger partial charge in [-0.05, 0) is 48.7 Å². The van der Waals surface area contributed by atoms with E-state index in [1.54, 1.807) is 11.0 Å². The molecule has 0 saturated carbocycles. The number of hydrogen-bond donors (Lipinski definition) is 0. The first-order valence-corrected chi connectivity index (χ1v) is 9.18. The van der Waals surface area contributed by atoms with E-state index in [1.165, 1.54) is 0 Å². The van der Waals surface area contributed by atoms with E-state index in [9.17, 15) is 9.59 Å². The molecule has 130 valence electrons. The lowest BCUT2D eigenvalue weighted by atomic mass is 10.1. The molecule has 2 aromatic rings. The molecular weight excluding hydrogens is 382 g/mol. The lowest BCUT2D eigenvalue weighted by molar-refractivity contribution is -0.114. The van der Waals surface area contributed by atoms with Gasteiger partial charge in [0.15, 0.2) is 0 Å². The fourth-order valence-electron chi connectivity index (χ4n) is 2.97. The number of halogens is 1. The van der Waals surface area contributed by atoms with Crippen molar-refractivity contribution >= 4 is 33.3 Å². The lowest BCUT2D eigenvalue weighted by Gasteiger charge is -2.19. The predicted octanol–water partition coefficient (Wildman–Crippen LogP) is 4.67. The van der Waals surface area contributed by atoms with Crippen molar-refractivity contribution in [3.63, 3.8) is 0 Å². The molecule has 0 aromatic heterocycles. The lowest BCUT2D eigenvalue weighted by Crippen LogP contribution is -2.29. The highest BCUT2D eigenvalue weighted by molar-refractivity contribution is 9.10. The van der Waals surface area contributed by atoms with E-state index in [2.05, 4.69) is 22.9 Å². The number of anilines is 1. The van der Waals surface area contributed by atoms with E-state index in [4.69, 9.17) is 4.74 Å². The number of nitrogens with zero attached hydrogens (tertiary/aromatic N) is 1. The summed E-state index contributed by atoms with van der Waals surface area (Å²) in [5.41, 5.74) is 3.04. The van der Waals surface area contributed by atoms with Crippen molar-refractivity contribution < 1.29 is 14.3 Å². The Balaban J connectivity index is 1.80. The second-order valence-electron chi connectivity index (χ2n) is 6.19. The molecule has 0 aliphatic carbocycles. The summed E-state index contributed by atoms with van der Waals surface area (Å²) in [6, 6.07) is 11.3. The second kappa shape index (κ2) is 7.40. The summed E-state index contributed by atoms with van der Waals surface area (Å²) in [4.78, 5) is 26.2. The van der Waals surface area contributed by atoms with Crippen molar-refractivity contribution in [3.8, 4) is 5.75 Å². The average Bonchev–Trinajstić information content (AvgIpc) is 2.82. The minimum atomic E-state index is -0.473. The standard InChI is InChI=1S/C20H20BrNO3/c1-3-4-9-25-16-7-5-14(6-8-16)12-22-18-13(2)10-15(21)11-17(18)19(23)20(22)24/h5-8,10-11H,3-4,9,12H2,1-2H3. The SMILES string of the molecule is CCCCOc1ccc(CN2C(=O)C(=O)c3cc(Br)cc(C)c32)cc1. The maximum absolute atomic E-state index is 12.4. The van der Waals surface area contributed by atoms with Crippen LogP contribution in [0.25, 0.3) is 0 Å². The quantitative estimate of drug-likeness (QED) is 0.521. The number of carbonyl (C=O) groups excluding carboxylic acids is 2. The summed E-state index contributed by atoms with van der Waals surface area (Å²) in [6.07, 6.45) is 2.12. The Labute approximate surface area is 155 Å². The molecule has 5 heteroatoms. The van der Waals surface area contributed by atoms with Gasteiger partial charge in [-0.15, -0.1) is 0 Å². The Morgan fingerprint density at radius 1 is 1.12 bits per heavy atom. The topological polar surface area (TPSA) is 46.6 Å². The number of fused-ring (bicyclic) bond motifs is 1. The number of aryl methyl sites for hydroxylation is 1. The fraction of sp³-hybridized carbons (Fsp3) is 0.300. The van der Waals surface area contributed by atoms with Gasteiger partial charge in [-0.3, -0.25) is 9.59 Å². The summed E-state index contributed by atoms with van der Waals surface area (Å²) >= 11 is 3.39. The molecule has 0 atom stereocenters. The molecule has 0 bridgehead atoms. The Kier molecular flexibility index (Phi) is 5.23. The van der Waals surface area contributed by atoms with Gasteiger partial charge in [-0.25, -0.2) is 0 Å². The normalized spacial score (nSPS) is 13.3. The van der Waals surface area contributed by atoms with Crippen LogP contribution in [0, 0.1) is 6.92 Å². The summed E-state index contributed by atoms with van der Waals surface area (Å²) in [6.45, 7) is 5.11. The zero-order valence-corrected chi connectivity index (χ0v) is 15.9. The van der Waals surface area contributed by atoms with Crippen molar-refractivity contribution in [1.82, 2.24) is 0 Å². The average molecular weight is 402 g/mol. The van der Waals surface area contributed by atoms with Crippen LogP contribution in [0.3, 0.4) is 0 Å². The third-order valence-electron chi connectivity index (χ3n) is 4.25. The largest absolute Gasteiger partial charge is 0.494 e. The highest BCUT2D eigenvalue weighted by Crippen LogP contribution is 2.36. The van der Waals surface area contributed by atoms with Crippen molar-refractivity contribution in [1.29, 1.82) is 0 Å². The molecule has 25 heavy (non-hydrogen) atoms. The molecule has 0 unspecified atom stereocenters. The third-order valence-corrected chi connectivity index (χ3v) is 4.71. The van der Waals surface area contributed by atoms with E-state index in [-0.39, 0.29) is 0 Å². The molecule has 0 saturated heterocycles. The molecule has 2 aromatic carbocycles. The molecule has 1 amide bonds. The van der Waals surface area contributed by atoms with E-state index in [0.29, 0.717) is 24.4 Å². The van der Waals surface area contributed by atoms with Crippen LogP contribution in [-0.4, -0.2) is 18.3 Å². The zero-order valence-electron chi connectivity index (χ0n) is 14.3. The molecule has 1 aliphatic rings. The first kappa shape index (κ1) is 17.7. The first-order valence-electron chi connectivity index (χ1n) is 8.39. The fourth-order valence-corrected chi connectivity index (χ4v) is 3.54. The number of rotatable bonds is 6. The Hall–Kier alpha value is -2.14. The molecule has 1 aliphatic heterocycles. The number of unbranched alkanes of at least 4 members (excludes halogenated alkanes) is 1. The number of hydrogen-bond acceptors (Lipinski definition) is 3. The molecule has 0 radical (unpaired) electrons. The molecule has 1 heterocycles. The van der Waals surface area contributed by atoms with Crippen LogP contribution in [-0.2, 0) is 11.3 Å². The number of ketones is 1. The maximum Gasteiger partial charge on any atom is 0.299 e. The number of amides is 1. The predicted molar refractivity (Wildman–Crippen MR) is 101 cm³/mol. The van der Waals surface area contributed by atoms with E-state index in [1.807, 2.05) is 37.3 Å². The number of benzene rings is 2. The monoisotopic (exact) mass is 401 g/mol. The summed E-state index contributed by atoms with van der Waals surface area (Å²) in [7, 11) is 0. The van der Waals surface area contributed by atoms with Crippen LogP contribution in [0.5, 0.6) is 5.75 Å². The highest BCUT2D eigenvalue weighted by atomic mass is 79.9. The molecule has 3 rings (SSSR count). The first-order chi connectivity index (χ1) is 12.0. The van der Waals surface area contributed by atoms with Gasteiger partial charge >= 0.3 is 0 Å². The number of carbonyl (C=O) groups is 2. The maximum atomic E-state index is 12.4. The van der Waals surface area contributed by atoms with Gasteiger partial charge in [0.25, 0.3) is 11.7 Å². The van der Waals surface area contributed by atoms with Gasteiger partial charge in [0.05, 0.1) is 24.4 Å². The molecule has 4 nitrogen and oxygen atoms in total. The molecule has 0 N–H and O–H groups in total. The van der Waals surface area contributed by atoms with Crippen molar-refractivity contribution in [2.24, 2.45) is 0 Å². The van der Waals surface area contributed by atoms with Gasteiger partial charge in [0, 0.05) is 4.47 Å². The minimum Gasteiger partial charge on any atom is -0.494 e. The van der Waals surface area contributed by atoms with Crippen LogP contribution < -0.4 is 9.64 Å². The van der Waals surface area contributed by atoms with Crippen LogP contribution in [0.1, 0.15) is 41.3 Å². The Bertz CT molecular complexity index is 814. The summed E-state index contributed by atoms with van der Waals surface area (Å²) < 4.78 is 6.46. The van der Waals surface area contributed by atoms with Gasteiger partial charge in [0.2, 0.25) is 0 Å². The van der Waals surface area contributed by atoms with Crippen molar-refractivity contribution in [2.75, 3.05) is 11.5 Å². The van der Waals surface area contributed by atoms with Crippen LogP contribution in [0.4, 0.5) is 5.69 Å². The third kappa shape index (κ3) is 3.61. The van der Waals surface area contributed by atoms with E-state index < -0.39 is 11.7 Å². The van der Waals surface area contributed by atoms with Crippen molar-refractivity contribution in [3.05, 3.63) is 57.6 Å². The summed E-state index contributed by atoms with van der Waals surface area (Å²) in [5, 5.41) is 0. The Morgan fingerprint density at radius 3 is 2.52 bits per heavy atom. The minimum absolute atomic E-state index is 0.370.